The van der Waals surface area contributed by atoms with Crippen molar-refractivity contribution < 1.29 is 9.59 Å². The SMILES string of the molecule is Cn1cc(C(=O)N2CCC(NC(=O)CC3CCCC3)CC2)c2ccccc21. The highest BCUT2D eigenvalue weighted by Gasteiger charge is 2.27. The lowest BCUT2D eigenvalue weighted by atomic mass is 10.0. The monoisotopic (exact) mass is 367 g/mol. The number of hydrogen-bond acceptors (Lipinski definition) is 2. The van der Waals surface area contributed by atoms with Crippen molar-refractivity contribution in [3.05, 3.63) is 36.0 Å². The van der Waals surface area contributed by atoms with Gasteiger partial charge in [-0.05, 0) is 37.7 Å². The Bertz CT molecular complexity index is 827. The molecule has 1 aromatic heterocycles. The number of benzene rings is 1. The van der Waals surface area contributed by atoms with E-state index >= 15 is 0 Å². The van der Waals surface area contributed by atoms with E-state index < -0.39 is 0 Å². The molecule has 1 aliphatic carbocycles. The number of nitrogens with one attached hydrogen (secondary N) is 1. The quantitative estimate of drug-likeness (QED) is 0.899. The lowest BCUT2D eigenvalue weighted by Crippen LogP contribution is -2.46. The number of likely N-dealkylation sites (tertiary alicyclic amines) is 1. The normalized spacial score (nSPS) is 18.9. The summed E-state index contributed by atoms with van der Waals surface area (Å²) in [4.78, 5) is 27.2. The summed E-state index contributed by atoms with van der Waals surface area (Å²) in [5.41, 5.74) is 1.85. The number of aryl methyl sites for hydroxylation is 1. The third kappa shape index (κ3) is 3.87. The van der Waals surface area contributed by atoms with Crippen molar-refractivity contribution in [3.8, 4) is 0 Å². The van der Waals surface area contributed by atoms with Gasteiger partial charge in [0.25, 0.3) is 5.91 Å². The van der Waals surface area contributed by atoms with Gasteiger partial charge in [-0.25, -0.2) is 0 Å². The van der Waals surface area contributed by atoms with E-state index in [1.54, 1.807) is 0 Å². The Balaban J connectivity index is 1.33. The number of hydrogen-bond donors (Lipinski definition) is 1. The molecule has 5 nitrogen and oxygen atoms in total. The van der Waals surface area contributed by atoms with Crippen molar-refractivity contribution in [2.24, 2.45) is 13.0 Å². The summed E-state index contributed by atoms with van der Waals surface area (Å²) >= 11 is 0. The molecule has 2 aromatic rings. The summed E-state index contributed by atoms with van der Waals surface area (Å²) in [6, 6.07) is 8.23. The van der Waals surface area contributed by atoms with Crippen molar-refractivity contribution in [1.29, 1.82) is 0 Å². The Morgan fingerprint density at radius 3 is 2.52 bits per heavy atom. The van der Waals surface area contributed by atoms with Gasteiger partial charge >= 0.3 is 0 Å². The molecule has 2 fully saturated rings. The number of rotatable bonds is 4. The van der Waals surface area contributed by atoms with Gasteiger partial charge in [0.1, 0.15) is 0 Å². The first-order valence-electron chi connectivity index (χ1n) is 10.2. The maximum absolute atomic E-state index is 13.0. The summed E-state index contributed by atoms with van der Waals surface area (Å²) in [7, 11) is 1.98. The summed E-state index contributed by atoms with van der Waals surface area (Å²) in [5.74, 6) is 0.876. The van der Waals surface area contributed by atoms with Crippen molar-refractivity contribution >= 4 is 22.7 Å². The molecule has 1 aromatic carbocycles. The molecular weight excluding hydrogens is 338 g/mol. The van der Waals surface area contributed by atoms with Crippen LogP contribution >= 0.6 is 0 Å². The summed E-state index contributed by atoms with van der Waals surface area (Å²) < 4.78 is 2.01. The molecule has 27 heavy (non-hydrogen) atoms. The van der Waals surface area contributed by atoms with Crippen LogP contribution in [0.25, 0.3) is 10.9 Å². The van der Waals surface area contributed by atoms with Crippen LogP contribution in [0.3, 0.4) is 0 Å². The standard InChI is InChI=1S/C22H29N3O2/c1-24-15-19(18-8-4-5-9-20(18)24)22(27)25-12-10-17(11-13-25)23-21(26)14-16-6-2-3-7-16/h4-5,8-9,15-17H,2-3,6-7,10-14H2,1H3,(H,23,26). The average Bonchev–Trinajstić information content (AvgIpc) is 3.30. The maximum atomic E-state index is 13.0. The van der Waals surface area contributed by atoms with Crippen LogP contribution in [0.5, 0.6) is 0 Å². The van der Waals surface area contributed by atoms with E-state index in [4.69, 9.17) is 0 Å². The Hall–Kier alpha value is -2.30. The van der Waals surface area contributed by atoms with Crippen molar-refractivity contribution in [2.75, 3.05) is 13.1 Å². The molecule has 144 valence electrons. The van der Waals surface area contributed by atoms with E-state index in [0.717, 1.165) is 29.3 Å². The number of nitrogens with zero attached hydrogens (tertiary/aromatic N) is 2. The number of para-hydroxylation sites is 1. The molecule has 0 spiro atoms. The zero-order valence-electron chi connectivity index (χ0n) is 16.1. The van der Waals surface area contributed by atoms with Gasteiger partial charge in [0.05, 0.1) is 5.56 Å². The second kappa shape index (κ2) is 7.75. The number of carbonyl (C=O) groups excluding carboxylic acids is 2. The largest absolute Gasteiger partial charge is 0.353 e. The molecule has 1 N–H and O–H groups in total. The lowest BCUT2D eigenvalue weighted by Gasteiger charge is -2.32. The average molecular weight is 367 g/mol. The van der Waals surface area contributed by atoms with Crippen molar-refractivity contribution in [1.82, 2.24) is 14.8 Å². The molecule has 1 aliphatic heterocycles. The number of carbonyl (C=O) groups is 2. The summed E-state index contributed by atoms with van der Waals surface area (Å²) in [6.07, 6.45) is 9.23. The minimum absolute atomic E-state index is 0.0996. The van der Waals surface area contributed by atoms with E-state index in [0.29, 0.717) is 25.4 Å². The zero-order valence-corrected chi connectivity index (χ0v) is 16.1. The minimum atomic E-state index is 0.0996. The summed E-state index contributed by atoms with van der Waals surface area (Å²) in [5, 5.41) is 4.21. The van der Waals surface area contributed by atoms with Gasteiger partial charge in [0.15, 0.2) is 0 Å². The first-order valence-corrected chi connectivity index (χ1v) is 10.2. The Morgan fingerprint density at radius 2 is 1.78 bits per heavy atom. The summed E-state index contributed by atoms with van der Waals surface area (Å²) in [6.45, 7) is 1.41. The third-order valence-corrected chi connectivity index (χ3v) is 6.22. The van der Waals surface area contributed by atoms with Gasteiger partial charge in [-0.15, -0.1) is 0 Å². The highest BCUT2D eigenvalue weighted by Crippen LogP contribution is 2.27. The van der Waals surface area contributed by atoms with E-state index in [9.17, 15) is 9.59 Å². The highest BCUT2D eigenvalue weighted by molar-refractivity contribution is 6.07. The van der Waals surface area contributed by atoms with Crippen LogP contribution in [-0.4, -0.2) is 40.4 Å². The zero-order chi connectivity index (χ0) is 18.8. The van der Waals surface area contributed by atoms with Crippen molar-refractivity contribution in [2.45, 2.75) is 51.0 Å². The van der Waals surface area contributed by atoms with E-state index in [1.807, 2.05) is 47.0 Å². The minimum Gasteiger partial charge on any atom is -0.353 e. The predicted octanol–water partition coefficient (Wildman–Crippen LogP) is 3.48. The second-order valence-corrected chi connectivity index (χ2v) is 8.16. The van der Waals surface area contributed by atoms with Crippen LogP contribution in [0, 0.1) is 5.92 Å². The van der Waals surface area contributed by atoms with Crippen LogP contribution in [0.15, 0.2) is 30.5 Å². The smallest absolute Gasteiger partial charge is 0.256 e. The maximum Gasteiger partial charge on any atom is 0.256 e. The first kappa shape index (κ1) is 18.1. The molecule has 0 radical (unpaired) electrons. The van der Waals surface area contributed by atoms with E-state index in [1.165, 1.54) is 25.7 Å². The van der Waals surface area contributed by atoms with Gasteiger partial charge in [-0.1, -0.05) is 31.0 Å². The highest BCUT2D eigenvalue weighted by atomic mass is 16.2. The molecule has 4 rings (SSSR count). The topological polar surface area (TPSA) is 54.3 Å². The van der Waals surface area contributed by atoms with Gasteiger partial charge < -0.3 is 14.8 Å². The number of aromatic nitrogens is 1. The molecular formula is C22H29N3O2. The lowest BCUT2D eigenvalue weighted by molar-refractivity contribution is -0.122. The van der Waals surface area contributed by atoms with E-state index in [-0.39, 0.29) is 17.9 Å². The van der Waals surface area contributed by atoms with Crippen LogP contribution in [-0.2, 0) is 11.8 Å². The molecule has 5 heteroatoms. The number of piperidine rings is 1. The molecule has 1 saturated carbocycles. The first-order chi connectivity index (χ1) is 13.1. The van der Waals surface area contributed by atoms with Gasteiger partial charge in [0, 0.05) is 49.7 Å². The molecule has 1 saturated heterocycles. The third-order valence-electron chi connectivity index (χ3n) is 6.22. The van der Waals surface area contributed by atoms with Gasteiger partial charge in [-0.3, -0.25) is 9.59 Å². The van der Waals surface area contributed by atoms with Crippen LogP contribution in [0.1, 0.15) is 55.3 Å². The number of amides is 2. The fourth-order valence-corrected chi connectivity index (χ4v) is 4.67. The van der Waals surface area contributed by atoms with E-state index in [2.05, 4.69) is 5.32 Å². The van der Waals surface area contributed by atoms with Crippen LogP contribution < -0.4 is 5.32 Å². The Labute approximate surface area is 160 Å². The van der Waals surface area contributed by atoms with Gasteiger partial charge in [-0.2, -0.15) is 0 Å². The molecule has 0 bridgehead atoms. The Kier molecular flexibility index (Phi) is 5.19. The molecule has 2 aliphatic rings. The van der Waals surface area contributed by atoms with Crippen molar-refractivity contribution in [3.63, 3.8) is 0 Å². The predicted molar refractivity (Wildman–Crippen MR) is 107 cm³/mol. The molecule has 0 atom stereocenters. The fraction of sp³-hybridized carbons (Fsp3) is 0.545. The fourth-order valence-electron chi connectivity index (χ4n) is 4.67. The Morgan fingerprint density at radius 1 is 1.07 bits per heavy atom. The second-order valence-electron chi connectivity index (χ2n) is 8.16. The number of fused-ring (bicyclic) bond motifs is 1. The molecule has 2 amide bonds. The van der Waals surface area contributed by atoms with Crippen LogP contribution in [0.4, 0.5) is 0 Å². The van der Waals surface area contributed by atoms with Gasteiger partial charge in [0.2, 0.25) is 5.91 Å². The van der Waals surface area contributed by atoms with Crippen LogP contribution in [0.2, 0.25) is 0 Å². The molecule has 0 unspecified atom stereocenters. The molecule has 2 heterocycles.